The van der Waals surface area contributed by atoms with E-state index in [0.717, 1.165) is 37.7 Å². The predicted octanol–water partition coefficient (Wildman–Crippen LogP) is 2.76. The molecule has 0 unspecified atom stereocenters. The summed E-state index contributed by atoms with van der Waals surface area (Å²) < 4.78 is 0. The molecular formula is C19H21N3O2. The van der Waals surface area contributed by atoms with Gasteiger partial charge in [-0.2, -0.15) is 0 Å². The maximum atomic E-state index is 12.7. The summed E-state index contributed by atoms with van der Waals surface area (Å²) in [7, 11) is 0. The fourth-order valence-corrected chi connectivity index (χ4v) is 3.31. The molecular weight excluding hydrogens is 302 g/mol. The summed E-state index contributed by atoms with van der Waals surface area (Å²) in [6, 6.07) is 9.59. The highest BCUT2D eigenvalue weighted by atomic mass is 16.2. The number of hydrogen-bond donors (Lipinski definition) is 2. The van der Waals surface area contributed by atoms with Gasteiger partial charge < -0.3 is 10.3 Å². The molecule has 2 N–H and O–H groups in total. The number of rotatable bonds is 4. The highest BCUT2D eigenvalue weighted by molar-refractivity contribution is 5.93. The third-order valence-electron chi connectivity index (χ3n) is 5.12. The van der Waals surface area contributed by atoms with Crippen LogP contribution in [0, 0.1) is 6.92 Å². The van der Waals surface area contributed by atoms with Crippen molar-refractivity contribution in [3.05, 3.63) is 63.3 Å². The lowest BCUT2D eigenvalue weighted by molar-refractivity contribution is 0.0817. The van der Waals surface area contributed by atoms with Crippen molar-refractivity contribution in [3.8, 4) is 0 Å². The summed E-state index contributed by atoms with van der Waals surface area (Å²) in [5.41, 5.74) is 1.97. The van der Waals surface area contributed by atoms with Crippen LogP contribution in [0.5, 0.6) is 0 Å². The molecule has 24 heavy (non-hydrogen) atoms. The largest absolute Gasteiger partial charge is 0.341 e. The number of H-pyrrole nitrogens is 1. The molecule has 2 aliphatic rings. The Balaban J connectivity index is 1.60. The number of carbonyl (C=O) groups is 1. The first-order valence-corrected chi connectivity index (χ1v) is 8.57. The smallest absolute Gasteiger partial charge is 0.270 e. The Morgan fingerprint density at radius 1 is 1.25 bits per heavy atom. The molecule has 0 bridgehead atoms. The van der Waals surface area contributed by atoms with Gasteiger partial charge in [0.1, 0.15) is 11.5 Å². The number of nitrogens with zero attached hydrogens (tertiary/aromatic N) is 1. The van der Waals surface area contributed by atoms with E-state index in [1.54, 1.807) is 0 Å². The lowest BCUT2D eigenvalue weighted by Gasteiger charge is -2.43. The molecule has 0 atom stereocenters. The van der Waals surface area contributed by atoms with Crippen molar-refractivity contribution in [3.63, 3.8) is 0 Å². The maximum Gasteiger partial charge on any atom is 0.270 e. The fraction of sp³-hybridized carbons (Fsp3) is 0.421. The molecule has 2 saturated carbocycles. The number of amides is 1. The fourth-order valence-electron chi connectivity index (χ4n) is 3.31. The molecule has 0 saturated heterocycles. The number of aryl methyl sites for hydroxylation is 1. The van der Waals surface area contributed by atoms with Crippen LogP contribution < -0.4 is 10.9 Å². The number of aromatic nitrogens is 2. The van der Waals surface area contributed by atoms with Crippen molar-refractivity contribution in [2.45, 2.75) is 50.5 Å². The van der Waals surface area contributed by atoms with Crippen LogP contribution >= 0.6 is 0 Å². The molecule has 0 aliphatic heterocycles. The summed E-state index contributed by atoms with van der Waals surface area (Å²) in [6.07, 6.45) is 4.98. The standard InChI is InChI=1S/C19H21N3O2/c1-12-3-7-14(8-4-12)19(9-2-10-19)22-18(24)15-11-16(23)21-17(20-15)13-5-6-13/h3-4,7-8,11,13H,2,5-6,9-10H2,1H3,(H,22,24)(H,20,21,23). The van der Waals surface area contributed by atoms with Gasteiger partial charge in [0.15, 0.2) is 0 Å². The van der Waals surface area contributed by atoms with Crippen molar-refractivity contribution >= 4 is 5.91 Å². The lowest BCUT2D eigenvalue weighted by Crippen LogP contribution is -2.51. The van der Waals surface area contributed by atoms with Crippen molar-refractivity contribution in [2.24, 2.45) is 0 Å². The van der Waals surface area contributed by atoms with Gasteiger partial charge in [0, 0.05) is 12.0 Å². The van der Waals surface area contributed by atoms with E-state index in [4.69, 9.17) is 0 Å². The Kier molecular flexibility index (Phi) is 3.52. The van der Waals surface area contributed by atoms with E-state index >= 15 is 0 Å². The van der Waals surface area contributed by atoms with Crippen LogP contribution in [-0.2, 0) is 5.54 Å². The molecule has 124 valence electrons. The SMILES string of the molecule is Cc1ccc(C2(NC(=O)c3cc(=O)[nH]c(C4CC4)n3)CCC2)cc1. The Labute approximate surface area is 140 Å². The van der Waals surface area contributed by atoms with Crippen molar-refractivity contribution < 1.29 is 4.79 Å². The van der Waals surface area contributed by atoms with E-state index in [0.29, 0.717) is 11.7 Å². The van der Waals surface area contributed by atoms with Gasteiger partial charge in [0.25, 0.3) is 11.5 Å². The minimum Gasteiger partial charge on any atom is -0.341 e. The predicted molar refractivity (Wildman–Crippen MR) is 91.0 cm³/mol. The van der Waals surface area contributed by atoms with Gasteiger partial charge in [0.05, 0.1) is 5.54 Å². The quantitative estimate of drug-likeness (QED) is 0.908. The summed E-state index contributed by atoms with van der Waals surface area (Å²) in [5.74, 6) is 0.689. The molecule has 1 aromatic carbocycles. The Morgan fingerprint density at radius 3 is 2.54 bits per heavy atom. The Bertz CT molecular complexity index is 830. The number of nitrogens with one attached hydrogen (secondary N) is 2. The minimum absolute atomic E-state index is 0.221. The van der Waals surface area contributed by atoms with Gasteiger partial charge in [-0.15, -0.1) is 0 Å². The second kappa shape index (κ2) is 5.58. The summed E-state index contributed by atoms with van der Waals surface area (Å²) in [4.78, 5) is 31.7. The molecule has 0 spiro atoms. The summed E-state index contributed by atoms with van der Waals surface area (Å²) in [6.45, 7) is 2.05. The third kappa shape index (κ3) is 2.75. The van der Waals surface area contributed by atoms with E-state index in [9.17, 15) is 9.59 Å². The highest BCUT2D eigenvalue weighted by Gasteiger charge is 2.40. The van der Waals surface area contributed by atoms with Crippen LogP contribution in [0.4, 0.5) is 0 Å². The Hall–Kier alpha value is -2.43. The monoisotopic (exact) mass is 323 g/mol. The van der Waals surface area contributed by atoms with Crippen LogP contribution in [0.25, 0.3) is 0 Å². The molecule has 5 nitrogen and oxygen atoms in total. The molecule has 0 radical (unpaired) electrons. The third-order valence-corrected chi connectivity index (χ3v) is 5.12. The molecule has 1 aromatic heterocycles. The zero-order valence-corrected chi connectivity index (χ0v) is 13.8. The molecule has 1 heterocycles. The highest BCUT2D eigenvalue weighted by Crippen LogP contribution is 2.41. The van der Waals surface area contributed by atoms with Crippen LogP contribution in [0.15, 0.2) is 35.1 Å². The van der Waals surface area contributed by atoms with Gasteiger partial charge in [-0.05, 0) is 44.6 Å². The molecule has 2 aliphatic carbocycles. The number of aromatic amines is 1. The molecule has 2 fully saturated rings. The van der Waals surface area contributed by atoms with Crippen LogP contribution in [-0.4, -0.2) is 15.9 Å². The molecule has 4 rings (SSSR count). The average molecular weight is 323 g/mol. The van der Waals surface area contributed by atoms with Gasteiger partial charge in [-0.3, -0.25) is 9.59 Å². The van der Waals surface area contributed by atoms with E-state index in [1.165, 1.54) is 11.6 Å². The maximum absolute atomic E-state index is 12.7. The van der Waals surface area contributed by atoms with E-state index in [1.807, 2.05) is 0 Å². The second-order valence-corrected chi connectivity index (χ2v) is 7.05. The first-order chi connectivity index (χ1) is 11.6. The van der Waals surface area contributed by atoms with Crippen molar-refractivity contribution in [1.29, 1.82) is 0 Å². The van der Waals surface area contributed by atoms with Gasteiger partial charge in [-0.1, -0.05) is 29.8 Å². The van der Waals surface area contributed by atoms with Crippen LogP contribution in [0.1, 0.15) is 65.5 Å². The Morgan fingerprint density at radius 2 is 1.96 bits per heavy atom. The van der Waals surface area contributed by atoms with Crippen LogP contribution in [0.3, 0.4) is 0 Å². The van der Waals surface area contributed by atoms with E-state index in [-0.39, 0.29) is 22.7 Å². The number of carbonyl (C=O) groups excluding carboxylic acids is 1. The number of hydrogen-bond acceptors (Lipinski definition) is 3. The van der Waals surface area contributed by atoms with Crippen LogP contribution in [0.2, 0.25) is 0 Å². The molecule has 1 amide bonds. The van der Waals surface area contributed by atoms with Gasteiger partial charge >= 0.3 is 0 Å². The van der Waals surface area contributed by atoms with Gasteiger partial charge in [-0.25, -0.2) is 4.98 Å². The zero-order chi connectivity index (χ0) is 16.7. The van der Waals surface area contributed by atoms with Gasteiger partial charge in [0.2, 0.25) is 0 Å². The van der Waals surface area contributed by atoms with E-state index in [2.05, 4.69) is 46.5 Å². The average Bonchev–Trinajstić information content (AvgIpc) is 3.36. The van der Waals surface area contributed by atoms with Crippen molar-refractivity contribution in [1.82, 2.24) is 15.3 Å². The van der Waals surface area contributed by atoms with Crippen molar-refractivity contribution in [2.75, 3.05) is 0 Å². The first kappa shape index (κ1) is 15.1. The zero-order valence-electron chi connectivity index (χ0n) is 13.8. The van der Waals surface area contributed by atoms with E-state index < -0.39 is 0 Å². The minimum atomic E-state index is -0.325. The molecule has 5 heteroatoms. The first-order valence-electron chi connectivity index (χ1n) is 8.57. The lowest BCUT2D eigenvalue weighted by atomic mass is 9.71. The summed E-state index contributed by atoms with van der Waals surface area (Å²) >= 11 is 0. The molecule has 2 aromatic rings. The second-order valence-electron chi connectivity index (χ2n) is 7.05. The summed E-state index contributed by atoms with van der Waals surface area (Å²) in [5, 5.41) is 3.14. The number of benzene rings is 1. The topological polar surface area (TPSA) is 74.8 Å². The normalized spacial score (nSPS) is 18.7.